The number of halogens is 1. The number of carbonyl (C=O) groups is 2. The van der Waals surface area contributed by atoms with Crippen LogP contribution in [-0.4, -0.2) is 56.1 Å². The Morgan fingerprint density at radius 1 is 1.20 bits per heavy atom. The van der Waals surface area contributed by atoms with Gasteiger partial charge in [-0.3, -0.25) is 19.6 Å². The molecule has 0 N–H and O–H groups in total. The normalized spacial score (nSPS) is 15.9. The Morgan fingerprint density at radius 2 is 1.97 bits per heavy atom. The van der Waals surface area contributed by atoms with Crippen LogP contribution in [0.25, 0.3) is 5.69 Å². The summed E-state index contributed by atoms with van der Waals surface area (Å²) in [6, 6.07) is 7.12. The Balaban J connectivity index is 1.50. The van der Waals surface area contributed by atoms with E-state index in [2.05, 4.69) is 15.1 Å². The highest BCUT2D eigenvalue weighted by atomic mass is 35.5. The van der Waals surface area contributed by atoms with Crippen molar-refractivity contribution in [2.75, 3.05) is 24.5 Å². The Morgan fingerprint density at radius 3 is 2.63 bits per heavy atom. The molecule has 1 unspecified atom stereocenters. The highest BCUT2D eigenvalue weighted by Gasteiger charge is 2.35. The second-order valence-electron chi connectivity index (χ2n) is 7.02. The molecule has 0 spiro atoms. The predicted molar refractivity (Wildman–Crippen MR) is 113 cm³/mol. The molecule has 4 heterocycles. The van der Waals surface area contributed by atoms with Crippen LogP contribution in [0.15, 0.2) is 55.2 Å². The topological polar surface area (TPSA) is 84.2 Å². The first-order valence-electron chi connectivity index (χ1n) is 9.74. The number of aromatic nitrogens is 4. The number of rotatable bonds is 5. The summed E-state index contributed by atoms with van der Waals surface area (Å²) in [5.74, 6) is -0.459. The molecular weight excluding hydrogens is 404 g/mol. The Bertz CT molecular complexity index is 1040. The van der Waals surface area contributed by atoms with Gasteiger partial charge in [0.2, 0.25) is 5.91 Å². The second-order valence-corrected chi connectivity index (χ2v) is 7.38. The van der Waals surface area contributed by atoms with Gasteiger partial charge in [0.1, 0.15) is 5.69 Å². The monoisotopic (exact) mass is 424 g/mol. The number of hydrogen-bond donors (Lipinski definition) is 0. The molecule has 2 amide bonds. The summed E-state index contributed by atoms with van der Waals surface area (Å²) in [6.07, 6.45) is 8.86. The maximum atomic E-state index is 13.2. The first-order chi connectivity index (χ1) is 14.6. The standard InChI is InChI=1S/C21H21ClN6O2/c1-2-27(18-14-28(25-19(18)22)17-6-4-9-24-12-17)21(30)16-7-10-26(13-16)20(29)15-5-3-8-23-11-15/h3-6,8-9,11-12,14,16H,2,7,10,13H2,1H3. The minimum atomic E-state index is -0.289. The molecule has 154 valence electrons. The third kappa shape index (κ3) is 3.91. The minimum Gasteiger partial charge on any atom is -0.338 e. The molecule has 1 atom stereocenters. The number of amides is 2. The maximum absolute atomic E-state index is 13.2. The average Bonchev–Trinajstić information content (AvgIpc) is 3.43. The molecular formula is C21H21ClN6O2. The van der Waals surface area contributed by atoms with Crippen molar-refractivity contribution in [1.82, 2.24) is 24.6 Å². The zero-order valence-electron chi connectivity index (χ0n) is 16.5. The smallest absolute Gasteiger partial charge is 0.255 e. The number of anilines is 1. The maximum Gasteiger partial charge on any atom is 0.255 e. The molecule has 3 aromatic heterocycles. The van der Waals surface area contributed by atoms with E-state index < -0.39 is 0 Å². The number of pyridine rings is 2. The lowest BCUT2D eigenvalue weighted by molar-refractivity contribution is -0.121. The van der Waals surface area contributed by atoms with Crippen molar-refractivity contribution < 1.29 is 9.59 Å². The van der Waals surface area contributed by atoms with E-state index in [0.29, 0.717) is 37.3 Å². The van der Waals surface area contributed by atoms with Crippen molar-refractivity contribution >= 4 is 29.1 Å². The van der Waals surface area contributed by atoms with Crippen molar-refractivity contribution in [3.8, 4) is 5.69 Å². The first kappa shape index (κ1) is 20.0. The SMILES string of the molecule is CCN(C(=O)C1CCN(C(=O)c2cccnc2)C1)c1cn(-c2cccnc2)nc1Cl. The molecule has 0 bridgehead atoms. The molecule has 1 aliphatic heterocycles. The molecule has 3 aromatic rings. The molecule has 0 radical (unpaired) electrons. The molecule has 1 saturated heterocycles. The number of likely N-dealkylation sites (tertiary alicyclic amines) is 1. The van der Waals surface area contributed by atoms with Crippen molar-refractivity contribution in [2.45, 2.75) is 13.3 Å². The Hall–Kier alpha value is -3.26. The lowest BCUT2D eigenvalue weighted by Gasteiger charge is -2.23. The molecule has 4 rings (SSSR count). The van der Waals surface area contributed by atoms with E-state index >= 15 is 0 Å². The fourth-order valence-electron chi connectivity index (χ4n) is 3.63. The molecule has 9 heteroatoms. The first-order valence-corrected chi connectivity index (χ1v) is 10.1. The van der Waals surface area contributed by atoms with Gasteiger partial charge in [-0.25, -0.2) is 4.68 Å². The Kier molecular flexibility index (Phi) is 5.76. The van der Waals surface area contributed by atoms with Crippen LogP contribution in [0.4, 0.5) is 5.69 Å². The molecule has 0 aliphatic carbocycles. The van der Waals surface area contributed by atoms with Crippen LogP contribution in [0.2, 0.25) is 5.15 Å². The van der Waals surface area contributed by atoms with Gasteiger partial charge < -0.3 is 9.80 Å². The molecule has 0 aromatic carbocycles. The van der Waals surface area contributed by atoms with Gasteiger partial charge in [0.05, 0.1) is 29.6 Å². The zero-order chi connectivity index (χ0) is 21.1. The van der Waals surface area contributed by atoms with E-state index in [4.69, 9.17) is 11.6 Å². The molecule has 8 nitrogen and oxygen atoms in total. The fourth-order valence-corrected chi connectivity index (χ4v) is 3.86. The highest BCUT2D eigenvalue weighted by Crippen LogP contribution is 2.29. The van der Waals surface area contributed by atoms with Crippen LogP contribution in [0.5, 0.6) is 0 Å². The van der Waals surface area contributed by atoms with Crippen molar-refractivity contribution in [2.24, 2.45) is 5.92 Å². The van der Waals surface area contributed by atoms with E-state index in [1.165, 1.54) is 0 Å². The van der Waals surface area contributed by atoms with Crippen molar-refractivity contribution in [3.63, 3.8) is 0 Å². The van der Waals surface area contributed by atoms with Gasteiger partial charge in [-0.1, -0.05) is 11.6 Å². The lowest BCUT2D eigenvalue weighted by atomic mass is 10.1. The average molecular weight is 425 g/mol. The fraction of sp³-hybridized carbons (Fsp3) is 0.286. The molecule has 1 fully saturated rings. The minimum absolute atomic E-state index is 0.0633. The lowest BCUT2D eigenvalue weighted by Crippen LogP contribution is -2.38. The van der Waals surface area contributed by atoms with Crippen LogP contribution in [0.3, 0.4) is 0 Å². The van der Waals surface area contributed by atoms with E-state index in [-0.39, 0.29) is 22.9 Å². The van der Waals surface area contributed by atoms with Gasteiger partial charge in [0, 0.05) is 38.2 Å². The van der Waals surface area contributed by atoms with E-state index in [0.717, 1.165) is 5.69 Å². The van der Waals surface area contributed by atoms with Crippen LogP contribution < -0.4 is 4.90 Å². The van der Waals surface area contributed by atoms with E-state index in [1.807, 2.05) is 13.0 Å². The van der Waals surface area contributed by atoms with Crippen LogP contribution in [0, 0.1) is 5.92 Å². The summed E-state index contributed by atoms with van der Waals surface area (Å²) in [6.45, 7) is 3.25. The zero-order valence-corrected chi connectivity index (χ0v) is 17.2. The number of hydrogen-bond acceptors (Lipinski definition) is 5. The third-order valence-electron chi connectivity index (χ3n) is 5.17. The van der Waals surface area contributed by atoms with E-state index in [1.54, 1.807) is 63.7 Å². The summed E-state index contributed by atoms with van der Waals surface area (Å²) in [4.78, 5) is 37.3. The van der Waals surface area contributed by atoms with Crippen molar-refractivity contribution in [3.05, 3.63) is 66.0 Å². The van der Waals surface area contributed by atoms with Gasteiger partial charge in [-0.05, 0) is 37.6 Å². The summed E-state index contributed by atoms with van der Waals surface area (Å²) in [5, 5.41) is 4.56. The van der Waals surface area contributed by atoms with Gasteiger partial charge >= 0.3 is 0 Å². The number of carbonyl (C=O) groups excluding carboxylic acids is 2. The summed E-state index contributed by atoms with van der Waals surface area (Å²) < 4.78 is 1.60. The van der Waals surface area contributed by atoms with Crippen LogP contribution in [-0.2, 0) is 4.79 Å². The largest absolute Gasteiger partial charge is 0.338 e. The highest BCUT2D eigenvalue weighted by molar-refractivity contribution is 6.32. The third-order valence-corrected chi connectivity index (χ3v) is 5.44. The second kappa shape index (κ2) is 8.62. The van der Waals surface area contributed by atoms with Crippen LogP contribution >= 0.6 is 11.6 Å². The summed E-state index contributed by atoms with van der Waals surface area (Å²) in [5.41, 5.74) is 1.83. The molecule has 1 aliphatic rings. The molecule has 0 saturated carbocycles. The number of nitrogens with zero attached hydrogens (tertiary/aromatic N) is 6. The van der Waals surface area contributed by atoms with Gasteiger partial charge in [0.25, 0.3) is 5.91 Å². The Labute approximate surface area is 179 Å². The van der Waals surface area contributed by atoms with Gasteiger partial charge in [-0.2, -0.15) is 5.10 Å². The van der Waals surface area contributed by atoms with Crippen molar-refractivity contribution in [1.29, 1.82) is 0 Å². The summed E-state index contributed by atoms with van der Waals surface area (Å²) in [7, 11) is 0. The van der Waals surface area contributed by atoms with Gasteiger partial charge in [0.15, 0.2) is 5.15 Å². The quantitative estimate of drug-likeness (QED) is 0.628. The van der Waals surface area contributed by atoms with Gasteiger partial charge in [-0.15, -0.1) is 0 Å². The predicted octanol–water partition coefficient (Wildman–Crippen LogP) is 2.83. The van der Waals surface area contributed by atoms with Crippen LogP contribution in [0.1, 0.15) is 23.7 Å². The summed E-state index contributed by atoms with van der Waals surface area (Å²) >= 11 is 6.36. The van der Waals surface area contributed by atoms with E-state index in [9.17, 15) is 9.59 Å². The molecule has 30 heavy (non-hydrogen) atoms.